The minimum atomic E-state index is -3.91. The molecule has 2 unspecified atom stereocenters. The number of ether oxygens (including phenoxy) is 3. The topological polar surface area (TPSA) is 210 Å². The molecule has 0 rings (SSSR count). The Morgan fingerprint density at radius 1 is 0.795 bits per heavy atom. The lowest BCUT2D eigenvalue weighted by atomic mass is 10.00. The van der Waals surface area contributed by atoms with Gasteiger partial charge in [-0.1, -0.05) is 0 Å². The summed E-state index contributed by atoms with van der Waals surface area (Å²) in [6.45, 7) is 10.9. The molecule has 0 fully saturated rings. The van der Waals surface area contributed by atoms with Crippen LogP contribution in [0.2, 0.25) is 6.04 Å². The van der Waals surface area contributed by atoms with E-state index < -0.39 is 21.0 Å². The van der Waals surface area contributed by atoms with Crippen molar-refractivity contribution in [3.8, 4) is 0 Å². The molecule has 0 aliphatic carbocycles. The average molecular weight is 611 g/mol. The minimum Gasteiger partial charge on any atom is -0.389 e. The molecule has 17 heteroatoms. The predicted molar refractivity (Wildman–Crippen MR) is 145 cm³/mol. The highest BCUT2D eigenvalue weighted by atomic mass is 32.2. The Kier molecular flexibility index (Phi) is 22.5. The smallest absolute Gasteiger partial charge is 0.389 e. The van der Waals surface area contributed by atoms with Gasteiger partial charge < -0.3 is 35.1 Å². The minimum absolute atomic E-state index is 0.0636. The Labute approximate surface area is 236 Å². The summed E-state index contributed by atoms with van der Waals surface area (Å²) in [5.74, 6) is 0.615. The number of aliphatic hydroxyl groups excluding tert-OH is 2. The third-order valence-corrected chi connectivity index (χ3v) is 8.06. The molecular weight excluding hydrogens is 560 g/mol. The molecule has 0 aliphatic rings. The maximum atomic E-state index is 10.2. The van der Waals surface area contributed by atoms with Gasteiger partial charge in [0, 0.05) is 62.3 Å². The van der Waals surface area contributed by atoms with E-state index in [9.17, 15) is 10.2 Å². The van der Waals surface area contributed by atoms with E-state index in [2.05, 4.69) is 28.7 Å². The number of rotatable bonds is 28. The van der Waals surface area contributed by atoms with Gasteiger partial charge in [-0.2, -0.15) is 4.33 Å². The van der Waals surface area contributed by atoms with Crippen LogP contribution in [0.5, 0.6) is 0 Å². The van der Waals surface area contributed by atoms with E-state index in [0.29, 0.717) is 45.0 Å². The second-order valence-electron chi connectivity index (χ2n) is 10.3. The maximum absolute atomic E-state index is 10.2. The van der Waals surface area contributed by atoms with Gasteiger partial charge in [0.1, 0.15) is 0 Å². The lowest BCUT2D eigenvalue weighted by Gasteiger charge is -2.31. The van der Waals surface area contributed by atoms with Gasteiger partial charge in [0.15, 0.2) is 0 Å². The van der Waals surface area contributed by atoms with Crippen LogP contribution in [0.15, 0.2) is 0 Å². The van der Waals surface area contributed by atoms with Crippen LogP contribution in [-0.2, 0) is 32.3 Å². The molecular formula is C22H50N2O13SSi. The summed E-state index contributed by atoms with van der Waals surface area (Å²) in [5.41, 5.74) is -0.641. The molecule has 0 spiro atoms. The molecule has 0 bridgehead atoms. The van der Waals surface area contributed by atoms with Crippen molar-refractivity contribution in [2.75, 3.05) is 58.4 Å². The first kappa shape index (κ1) is 39.0. The number of β-amino-alcohol motifs (C(OH)–C–C–N with tert-alkyl or cyclic N) is 1. The highest BCUT2D eigenvalue weighted by Gasteiger charge is 2.44. The fraction of sp³-hybridized carbons (Fsp3) is 1.00. The molecule has 0 saturated carbocycles. The van der Waals surface area contributed by atoms with Gasteiger partial charge in [0.25, 0.3) is 0 Å². The SMILES string of the molecule is CC(C)(CCOC(C)(C)CCNCC(O)COCCCSOO)NCC(O)COCCC[Si](OO)(OO)OO. The largest absolute Gasteiger partial charge is 0.583 e. The predicted octanol–water partition coefficient (Wildman–Crippen LogP) is 1.60. The zero-order valence-corrected chi connectivity index (χ0v) is 25.3. The summed E-state index contributed by atoms with van der Waals surface area (Å²) in [6, 6.07) is -0.0926. The van der Waals surface area contributed by atoms with Crippen LogP contribution in [0.1, 0.15) is 53.4 Å². The van der Waals surface area contributed by atoms with Crippen molar-refractivity contribution in [2.24, 2.45) is 0 Å². The lowest BCUT2D eigenvalue weighted by molar-refractivity contribution is -0.318. The molecule has 2 atom stereocenters. The molecule has 0 aliphatic heterocycles. The van der Waals surface area contributed by atoms with Gasteiger partial charge >= 0.3 is 8.80 Å². The summed E-state index contributed by atoms with van der Waals surface area (Å²) in [4.78, 5) is 0. The van der Waals surface area contributed by atoms with Gasteiger partial charge in [-0.3, -0.25) is 15.8 Å². The van der Waals surface area contributed by atoms with Crippen LogP contribution >= 0.6 is 12.0 Å². The van der Waals surface area contributed by atoms with Crippen LogP contribution in [-0.4, -0.2) is 122 Å². The average Bonchev–Trinajstić information content (AvgIpc) is 2.90. The van der Waals surface area contributed by atoms with E-state index in [1.165, 1.54) is 0 Å². The molecule has 39 heavy (non-hydrogen) atoms. The first-order valence-corrected chi connectivity index (χ1v) is 15.8. The van der Waals surface area contributed by atoms with E-state index in [1.54, 1.807) is 0 Å². The van der Waals surface area contributed by atoms with Crippen LogP contribution in [0, 0.1) is 0 Å². The fourth-order valence-electron chi connectivity index (χ4n) is 3.19. The molecule has 0 aromatic heterocycles. The van der Waals surface area contributed by atoms with Gasteiger partial charge in [0.2, 0.25) is 0 Å². The monoisotopic (exact) mass is 610 g/mol. The van der Waals surface area contributed by atoms with Crippen molar-refractivity contribution in [1.29, 1.82) is 0 Å². The molecule has 0 saturated heterocycles. The summed E-state index contributed by atoms with van der Waals surface area (Å²) >= 11 is 0.948. The van der Waals surface area contributed by atoms with Gasteiger partial charge in [-0.15, -0.1) is 0 Å². The van der Waals surface area contributed by atoms with Crippen molar-refractivity contribution in [1.82, 2.24) is 10.6 Å². The van der Waals surface area contributed by atoms with Crippen LogP contribution in [0.25, 0.3) is 0 Å². The molecule has 0 amide bonds. The Balaban J connectivity index is 3.95. The second-order valence-corrected chi connectivity index (χ2v) is 13.6. The fourth-order valence-corrected chi connectivity index (χ4v) is 4.45. The zero-order chi connectivity index (χ0) is 29.6. The lowest BCUT2D eigenvalue weighted by Crippen LogP contribution is -2.45. The normalized spacial score (nSPS) is 14.6. The maximum Gasteiger partial charge on any atom is 0.583 e. The van der Waals surface area contributed by atoms with Crippen LogP contribution < -0.4 is 10.6 Å². The Morgan fingerprint density at radius 3 is 1.97 bits per heavy atom. The summed E-state index contributed by atoms with van der Waals surface area (Å²) in [6.07, 6.45) is 1.08. The quantitative estimate of drug-likeness (QED) is 0.0208. The van der Waals surface area contributed by atoms with Crippen molar-refractivity contribution < 1.29 is 63.5 Å². The Bertz CT molecular complexity index is 572. The molecule has 0 aromatic carbocycles. The molecule has 15 nitrogen and oxygen atoms in total. The van der Waals surface area contributed by atoms with E-state index >= 15 is 0 Å². The van der Waals surface area contributed by atoms with E-state index in [-0.39, 0.29) is 43.4 Å². The number of aliphatic hydroxyl groups is 2. The van der Waals surface area contributed by atoms with E-state index in [4.69, 9.17) is 35.2 Å². The van der Waals surface area contributed by atoms with Crippen molar-refractivity contribution in [2.45, 2.75) is 82.8 Å². The standard InChI is InChI=1S/C22H50N2O13SSi/c1-21(2,24-16-20(26)18-32-11-6-14-39(35-28,36-29)37-30)8-12-33-22(3,4)7-9-23-15-19(25)17-31-10-5-13-38-34-27/h19-20,23-30H,5-18H2,1-4H3. The van der Waals surface area contributed by atoms with Crippen molar-refractivity contribution in [3.05, 3.63) is 0 Å². The first-order valence-electron chi connectivity index (χ1n) is 13.0. The van der Waals surface area contributed by atoms with Crippen LogP contribution in [0.4, 0.5) is 0 Å². The summed E-state index contributed by atoms with van der Waals surface area (Å²) < 4.78 is 32.4. The molecule has 0 aromatic rings. The zero-order valence-electron chi connectivity index (χ0n) is 23.5. The van der Waals surface area contributed by atoms with Crippen molar-refractivity contribution in [3.63, 3.8) is 0 Å². The third kappa shape index (κ3) is 21.3. The van der Waals surface area contributed by atoms with Gasteiger partial charge in [-0.25, -0.2) is 19.0 Å². The summed E-state index contributed by atoms with van der Waals surface area (Å²) in [5, 5.41) is 60.8. The first-order chi connectivity index (χ1) is 18.4. The van der Waals surface area contributed by atoms with Gasteiger partial charge in [0.05, 0.1) is 31.0 Å². The molecule has 236 valence electrons. The third-order valence-electron chi connectivity index (χ3n) is 5.70. The van der Waals surface area contributed by atoms with E-state index in [0.717, 1.165) is 24.9 Å². The second kappa shape index (κ2) is 22.6. The molecule has 0 radical (unpaired) electrons. The van der Waals surface area contributed by atoms with Crippen LogP contribution in [0.3, 0.4) is 0 Å². The summed E-state index contributed by atoms with van der Waals surface area (Å²) in [7, 11) is -3.91. The van der Waals surface area contributed by atoms with E-state index in [1.807, 2.05) is 27.7 Å². The molecule has 0 heterocycles. The molecule has 8 N–H and O–H groups in total. The Morgan fingerprint density at radius 2 is 1.38 bits per heavy atom. The number of hydrogen-bond donors (Lipinski definition) is 8. The Hall–Kier alpha value is -0.0331. The highest BCUT2D eigenvalue weighted by Crippen LogP contribution is 2.17. The number of hydrogen-bond acceptors (Lipinski definition) is 16. The highest BCUT2D eigenvalue weighted by molar-refractivity contribution is 7.94. The number of nitrogens with one attached hydrogen (secondary N) is 2. The van der Waals surface area contributed by atoms with Crippen molar-refractivity contribution >= 4 is 20.8 Å². The van der Waals surface area contributed by atoms with Gasteiger partial charge in [-0.05, 0) is 59.9 Å².